The topological polar surface area (TPSA) is 26.3 Å². The van der Waals surface area contributed by atoms with E-state index in [2.05, 4.69) is 4.74 Å². The van der Waals surface area contributed by atoms with Crippen molar-refractivity contribution >= 4 is 6.29 Å². The molecule has 12 heavy (non-hydrogen) atoms. The Morgan fingerprint density at radius 2 is 1.83 bits per heavy atom. The lowest BCUT2D eigenvalue weighted by Crippen LogP contribution is -1.95. The van der Waals surface area contributed by atoms with Crippen LogP contribution < -0.4 is 4.74 Å². The van der Waals surface area contributed by atoms with E-state index in [4.69, 9.17) is 0 Å². The van der Waals surface area contributed by atoms with Crippen LogP contribution in [0.25, 0.3) is 0 Å². The first-order chi connectivity index (χ1) is 5.69. The molecule has 0 N–H and O–H groups in total. The maximum absolute atomic E-state index is 12.7. The number of halogens is 2. The van der Waals surface area contributed by atoms with Crippen LogP contribution in [-0.2, 0) is 0 Å². The first-order valence-electron chi connectivity index (χ1n) is 3.17. The minimum absolute atomic E-state index is 0.0515. The Bertz CT molecular complexity index is 287. The molecule has 4 heteroatoms. The van der Waals surface area contributed by atoms with E-state index in [0.717, 1.165) is 12.1 Å². The Hall–Kier alpha value is -1.45. The fourth-order valence-electron chi connectivity index (χ4n) is 0.791. The monoisotopic (exact) mass is 172 g/mol. The lowest BCUT2D eigenvalue weighted by Gasteiger charge is -2.01. The SMILES string of the molecule is COc1cc(F)c(C=O)c(F)c1. The first kappa shape index (κ1) is 8.64. The van der Waals surface area contributed by atoms with Gasteiger partial charge >= 0.3 is 0 Å². The predicted octanol–water partition coefficient (Wildman–Crippen LogP) is 1.79. The second-order valence-corrected chi connectivity index (χ2v) is 2.12. The van der Waals surface area contributed by atoms with E-state index in [9.17, 15) is 13.6 Å². The highest BCUT2D eigenvalue weighted by Gasteiger charge is 2.09. The molecule has 0 unspecified atom stereocenters. The van der Waals surface area contributed by atoms with Crippen LogP contribution >= 0.6 is 0 Å². The minimum atomic E-state index is -0.915. The highest BCUT2D eigenvalue weighted by atomic mass is 19.1. The molecule has 1 rings (SSSR count). The van der Waals surface area contributed by atoms with Crippen LogP contribution in [-0.4, -0.2) is 13.4 Å². The van der Waals surface area contributed by atoms with Crippen LogP contribution in [0.1, 0.15) is 10.4 Å². The van der Waals surface area contributed by atoms with E-state index in [1.54, 1.807) is 0 Å². The number of methoxy groups -OCH3 is 1. The number of ether oxygens (including phenoxy) is 1. The molecule has 0 aromatic heterocycles. The predicted molar refractivity (Wildman–Crippen MR) is 38.3 cm³/mol. The standard InChI is InChI=1S/C8H6F2O2/c1-12-5-2-7(9)6(4-11)8(10)3-5/h2-4H,1H3. The average Bonchev–Trinajstić information content (AvgIpc) is 2.03. The van der Waals surface area contributed by atoms with Gasteiger partial charge in [0.25, 0.3) is 0 Å². The molecule has 2 nitrogen and oxygen atoms in total. The first-order valence-corrected chi connectivity index (χ1v) is 3.17. The number of aldehydes is 1. The third-order valence-corrected chi connectivity index (χ3v) is 1.41. The van der Waals surface area contributed by atoms with Gasteiger partial charge in [-0.1, -0.05) is 0 Å². The van der Waals surface area contributed by atoms with Gasteiger partial charge in [-0.15, -0.1) is 0 Å². The van der Waals surface area contributed by atoms with Gasteiger partial charge < -0.3 is 4.74 Å². The Morgan fingerprint density at radius 3 is 2.17 bits per heavy atom. The summed E-state index contributed by atoms with van der Waals surface area (Å²) in [5.41, 5.74) is -0.573. The highest BCUT2D eigenvalue weighted by molar-refractivity contribution is 5.75. The van der Waals surface area contributed by atoms with Gasteiger partial charge in [-0.3, -0.25) is 4.79 Å². The van der Waals surface area contributed by atoms with Crippen LogP contribution in [0.3, 0.4) is 0 Å². The normalized spacial score (nSPS) is 9.58. The zero-order chi connectivity index (χ0) is 9.14. The molecule has 0 bridgehead atoms. The lowest BCUT2D eigenvalue weighted by molar-refractivity contribution is 0.111. The minimum Gasteiger partial charge on any atom is -0.497 e. The fourth-order valence-corrected chi connectivity index (χ4v) is 0.791. The molecule has 0 atom stereocenters. The Kier molecular flexibility index (Phi) is 2.38. The summed E-state index contributed by atoms with van der Waals surface area (Å²) in [6.07, 6.45) is 0.129. The molecule has 0 radical (unpaired) electrons. The molecule has 0 aliphatic carbocycles. The summed E-state index contributed by atoms with van der Waals surface area (Å²) in [5.74, 6) is -1.78. The van der Waals surface area contributed by atoms with Gasteiger partial charge in [0, 0.05) is 12.1 Å². The maximum atomic E-state index is 12.7. The van der Waals surface area contributed by atoms with Crippen molar-refractivity contribution in [3.05, 3.63) is 29.3 Å². The van der Waals surface area contributed by atoms with E-state index in [-0.39, 0.29) is 12.0 Å². The Balaban J connectivity index is 3.27. The van der Waals surface area contributed by atoms with Crippen molar-refractivity contribution in [1.82, 2.24) is 0 Å². The fraction of sp³-hybridized carbons (Fsp3) is 0.125. The van der Waals surface area contributed by atoms with E-state index in [1.807, 2.05) is 0 Å². The van der Waals surface area contributed by atoms with Gasteiger partial charge in [0.1, 0.15) is 17.4 Å². The van der Waals surface area contributed by atoms with E-state index < -0.39 is 17.2 Å². The zero-order valence-corrected chi connectivity index (χ0v) is 6.30. The number of carbonyl (C=O) groups is 1. The van der Waals surface area contributed by atoms with Crippen LogP contribution in [0.5, 0.6) is 5.75 Å². The summed E-state index contributed by atoms with van der Waals surface area (Å²) in [6.45, 7) is 0. The van der Waals surface area contributed by atoms with Crippen molar-refractivity contribution in [3.63, 3.8) is 0 Å². The van der Waals surface area contributed by atoms with Gasteiger partial charge in [-0.25, -0.2) is 8.78 Å². The number of benzene rings is 1. The maximum Gasteiger partial charge on any atom is 0.155 e. The molecule has 1 aromatic carbocycles. The quantitative estimate of drug-likeness (QED) is 0.635. The van der Waals surface area contributed by atoms with Gasteiger partial charge in [-0.05, 0) is 0 Å². The molecular formula is C8H6F2O2. The number of carbonyl (C=O) groups excluding carboxylic acids is 1. The smallest absolute Gasteiger partial charge is 0.155 e. The highest BCUT2D eigenvalue weighted by Crippen LogP contribution is 2.18. The molecule has 0 fully saturated rings. The number of hydrogen-bond acceptors (Lipinski definition) is 2. The van der Waals surface area contributed by atoms with Crippen LogP contribution in [0.2, 0.25) is 0 Å². The second kappa shape index (κ2) is 3.30. The molecular weight excluding hydrogens is 166 g/mol. The summed E-state index contributed by atoms with van der Waals surface area (Å²) >= 11 is 0. The molecule has 0 saturated carbocycles. The Labute approximate surface area is 67.8 Å². The summed E-state index contributed by atoms with van der Waals surface area (Å²) in [7, 11) is 1.29. The number of rotatable bonds is 2. The zero-order valence-electron chi connectivity index (χ0n) is 6.30. The van der Waals surface area contributed by atoms with E-state index in [0.29, 0.717) is 0 Å². The largest absolute Gasteiger partial charge is 0.497 e. The van der Waals surface area contributed by atoms with Gasteiger partial charge in [0.2, 0.25) is 0 Å². The van der Waals surface area contributed by atoms with Crippen molar-refractivity contribution < 1.29 is 18.3 Å². The van der Waals surface area contributed by atoms with Crippen molar-refractivity contribution in [2.45, 2.75) is 0 Å². The average molecular weight is 172 g/mol. The second-order valence-electron chi connectivity index (χ2n) is 2.12. The van der Waals surface area contributed by atoms with Crippen molar-refractivity contribution in [2.24, 2.45) is 0 Å². The van der Waals surface area contributed by atoms with Crippen LogP contribution in [0, 0.1) is 11.6 Å². The summed E-state index contributed by atoms with van der Waals surface area (Å²) in [5, 5.41) is 0. The molecule has 0 amide bonds. The van der Waals surface area contributed by atoms with Crippen molar-refractivity contribution in [2.75, 3.05) is 7.11 Å². The third-order valence-electron chi connectivity index (χ3n) is 1.41. The van der Waals surface area contributed by atoms with E-state index in [1.165, 1.54) is 7.11 Å². The number of hydrogen-bond donors (Lipinski definition) is 0. The molecule has 0 spiro atoms. The third kappa shape index (κ3) is 1.42. The van der Waals surface area contributed by atoms with Crippen molar-refractivity contribution in [3.8, 4) is 5.75 Å². The van der Waals surface area contributed by atoms with Crippen molar-refractivity contribution in [1.29, 1.82) is 0 Å². The lowest BCUT2D eigenvalue weighted by atomic mass is 10.2. The molecule has 0 saturated heterocycles. The van der Waals surface area contributed by atoms with Gasteiger partial charge in [0.05, 0.1) is 12.7 Å². The van der Waals surface area contributed by atoms with Crippen LogP contribution in [0.15, 0.2) is 12.1 Å². The summed E-state index contributed by atoms with van der Waals surface area (Å²) in [4.78, 5) is 10.1. The molecule has 64 valence electrons. The molecule has 0 aliphatic heterocycles. The van der Waals surface area contributed by atoms with Crippen LogP contribution in [0.4, 0.5) is 8.78 Å². The van der Waals surface area contributed by atoms with Gasteiger partial charge in [0.15, 0.2) is 6.29 Å². The molecule has 1 aromatic rings. The Morgan fingerprint density at radius 1 is 1.33 bits per heavy atom. The summed E-state index contributed by atoms with van der Waals surface area (Å²) in [6, 6.07) is 1.90. The van der Waals surface area contributed by atoms with Gasteiger partial charge in [-0.2, -0.15) is 0 Å². The summed E-state index contributed by atoms with van der Waals surface area (Å²) < 4.78 is 30.1. The molecule has 0 heterocycles. The molecule has 0 aliphatic rings. The van der Waals surface area contributed by atoms with E-state index >= 15 is 0 Å².